The highest BCUT2D eigenvalue weighted by molar-refractivity contribution is 5.80. The number of aromatic nitrogens is 1. The summed E-state index contributed by atoms with van der Waals surface area (Å²) >= 11 is 0. The number of rotatable bonds is 3. The standard InChI is InChI=1S/C17H14FNO2/c1-11-6-7-14(18)16(8-11)21-17-13(10-20)9-12-4-2-3-5-15(12)19-17/h2-9,20H,10H2,1H3. The zero-order valence-electron chi connectivity index (χ0n) is 11.5. The number of ether oxygens (including phenoxy) is 1. The number of nitrogens with zero attached hydrogens (tertiary/aromatic N) is 1. The normalized spacial score (nSPS) is 10.8. The first-order valence-corrected chi connectivity index (χ1v) is 6.61. The van der Waals surface area contributed by atoms with Gasteiger partial charge in [0.15, 0.2) is 11.6 Å². The van der Waals surface area contributed by atoms with Gasteiger partial charge in [-0.3, -0.25) is 0 Å². The van der Waals surface area contributed by atoms with E-state index in [4.69, 9.17) is 4.74 Å². The molecule has 0 aliphatic rings. The Labute approximate surface area is 121 Å². The van der Waals surface area contributed by atoms with Crippen molar-refractivity contribution in [1.29, 1.82) is 0 Å². The largest absolute Gasteiger partial charge is 0.436 e. The molecule has 0 atom stereocenters. The molecule has 21 heavy (non-hydrogen) atoms. The molecule has 0 amide bonds. The summed E-state index contributed by atoms with van der Waals surface area (Å²) in [5.74, 6) is -0.132. The summed E-state index contributed by atoms with van der Waals surface area (Å²) in [6.45, 7) is 1.63. The summed E-state index contributed by atoms with van der Waals surface area (Å²) in [5, 5.41) is 10.4. The zero-order valence-corrected chi connectivity index (χ0v) is 11.5. The average molecular weight is 283 g/mol. The molecule has 3 rings (SSSR count). The van der Waals surface area contributed by atoms with Gasteiger partial charge in [0, 0.05) is 10.9 Å². The maximum absolute atomic E-state index is 13.8. The minimum Gasteiger partial charge on any atom is -0.436 e. The number of aliphatic hydroxyl groups is 1. The van der Waals surface area contributed by atoms with Crippen molar-refractivity contribution in [2.45, 2.75) is 13.5 Å². The molecule has 1 aromatic heterocycles. The van der Waals surface area contributed by atoms with Crippen molar-refractivity contribution in [2.24, 2.45) is 0 Å². The second-order valence-corrected chi connectivity index (χ2v) is 4.84. The summed E-state index contributed by atoms with van der Waals surface area (Å²) in [6.07, 6.45) is 0. The molecule has 0 saturated heterocycles. The molecule has 0 saturated carbocycles. The molecule has 106 valence electrons. The number of aliphatic hydroxyl groups excluding tert-OH is 1. The third-order valence-electron chi connectivity index (χ3n) is 3.23. The molecule has 0 bridgehead atoms. The average Bonchev–Trinajstić information content (AvgIpc) is 2.50. The predicted octanol–water partition coefficient (Wildman–Crippen LogP) is 3.97. The Bertz CT molecular complexity index is 802. The van der Waals surface area contributed by atoms with Gasteiger partial charge < -0.3 is 9.84 Å². The number of fused-ring (bicyclic) bond motifs is 1. The lowest BCUT2D eigenvalue weighted by molar-refractivity contribution is 0.274. The SMILES string of the molecule is Cc1ccc(F)c(Oc2nc3ccccc3cc2CO)c1. The predicted molar refractivity (Wildman–Crippen MR) is 78.9 cm³/mol. The summed E-state index contributed by atoms with van der Waals surface area (Å²) < 4.78 is 19.4. The van der Waals surface area contributed by atoms with Crippen LogP contribution < -0.4 is 4.74 Å². The maximum atomic E-state index is 13.8. The van der Waals surface area contributed by atoms with E-state index in [2.05, 4.69) is 4.98 Å². The number of benzene rings is 2. The molecule has 1 N–H and O–H groups in total. The van der Waals surface area contributed by atoms with Crippen LogP contribution in [0.2, 0.25) is 0 Å². The van der Waals surface area contributed by atoms with Gasteiger partial charge in [-0.15, -0.1) is 0 Å². The van der Waals surface area contributed by atoms with E-state index in [0.717, 1.165) is 16.5 Å². The smallest absolute Gasteiger partial charge is 0.225 e. The molecule has 0 aliphatic heterocycles. The van der Waals surface area contributed by atoms with Crippen molar-refractivity contribution in [3.8, 4) is 11.6 Å². The van der Waals surface area contributed by atoms with Gasteiger partial charge in [0.25, 0.3) is 0 Å². The van der Waals surface area contributed by atoms with Crippen LogP contribution in [0.4, 0.5) is 4.39 Å². The first kappa shape index (κ1) is 13.5. The molecule has 3 nitrogen and oxygen atoms in total. The van der Waals surface area contributed by atoms with Gasteiger partial charge in [0.1, 0.15) is 0 Å². The molecule has 0 aliphatic carbocycles. The second kappa shape index (κ2) is 5.50. The van der Waals surface area contributed by atoms with Crippen LogP contribution in [-0.2, 0) is 6.61 Å². The molecule has 0 unspecified atom stereocenters. The number of hydrogen-bond acceptors (Lipinski definition) is 3. The minimum atomic E-state index is -0.459. The molecule has 3 aromatic rings. The Morgan fingerprint density at radius 2 is 1.95 bits per heavy atom. The van der Waals surface area contributed by atoms with Gasteiger partial charge in [-0.2, -0.15) is 0 Å². The highest BCUT2D eigenvalue weighted by atomic mass is 19.1. The Morgan fingerprint density at radius 3 is 2.76 bits per heavy atom. The molecule has 4 heteroatoms. The lowest BCUT2D eigenvalue weighted by atomic mass is 10.1. The first-order chi connectivity index (χ1) is 10.2. The Morgan fingerprint density at radius 1 is 1.14 bits per heavy atom. The Balaban J connectivity index is 2.08. The monoisotopic (exact) mass is 283 g/mol. The number of pyridine rings is 1. The van der Waals surface area contributed by atoms with Crippen LogP contribution in [0, 0.1) is 12.7 Å². The third-order valence-corrected chi connectivity index (χ3v) is 3.23. The van der Waals surface area contributed by atoms with Crippen molar-refractivity contribution in [3.05, 3.63) is 65.5 Å². The number of aryl methyl sites for hydroxylation is 1. The quantitative estimate of drug-likeness (QED) is 0.791. The third kappa shape index (κ3) is 2.71. The molecule has 1 heterocycles. The van der Waals surface area contributed by atoms with Gasteiger partial charge in [-0.25, -0.2) is 9.37 Å². The van der Waals surface area contributed by atoms with E-state index < -0.39 is 5.82 Å². The highest BCUT2D eigenvalue weighted by Crippen LogP contribution is 2.29. The van der Waals surface area contributed by atoms with Crippen LogP contribution in [0.3, 0.4) is 0 Å². The van der Waals surface area contributed by atoms with Crippen LogP contribution >= 0.6 is 0 Å². The van der Waals surface area contributed by atoms with Gasteiger partial charge in [0.05, 0.1) is 12.1 Å². The van der Waals surface area contributed by atoms with Crippen molar-refractivity contribution < 1.29 is 14.2 Å². The molecule has 0 fully saturated rings. The van der Waals surface area contributed by atoms with E-state index in [1.807, 2.05) is 31.2 Å². The lowest BCUT2D eigenvalue weighted by Gasteiger charge is -2.11. The van der Waals surface area contributed by atoms with Gasteiger partial charge in [0.2, 0.25) is 5.88 Å². The Kier molecular flexibility index (Phi) is 3.54. The molecular weight excluding hydrogens is 269 g/mol. The number of halogens is 1. The first-order valence-electron chi connectivity index (χ1n) is 6.61. The van der Waals surface area contributed by atoms with Crippen LogP contribution in [0.25, 0.3) is 10.9 Å². The van der Waals surface area contributed by atoms with E-state index in [0.29, 0.717) is 5.56 Å². The van der Waals surface area contributed by atoms with E-state index in [9.17, 15) is 9.50 Å². The molecule has 2 aromatic carbocycles. The molecule has 0 radical (unpaired) electrons. The summed E-state index contributed by atoms with van der Waals surface area (Å²) in [5.41, 5.74) is 2.14. The summed E-state index contributed by atoms with van der Waals surface area (Å²) in [7, 11) is 0. The highest BCUT2D eigenvalue weighted by Gasteiger charge is 2.11. The zero-order chi connectivity index (χ0) is 14.8. The fourth-order valence-corrected chi connectivity index (χ4v) is 2.14. The van der Waals surface area contributed by atoms with Gasteiger partial charge in [-0.05, 0) is 36.8 Å². The topological polar surface area (TPSA) is 42.4 Å². The number of para-hydroxylation sites is 1. The molecule has 0 spiro atoms. The minimum absolute atomic E-state index is 0.104. The van der Waals surface area contributed by atoms with E-state index in [1.54, 1.807) is 18.2 Å². The lowest BCUT2D eigenvalue weighted by Crippen LogP contribution is -1.97. The fraction of sp³-hybridized carbons (Fsp3) is 0.118. The van der Waals surface area contributed by atoms with E-state index >= 15 is 0 Å². The van der Waals surface area contributed by atoms with Crippen LogP contribution in [0.1, 0.15) is 11.1 Å². The van der Waals surface area contributed by atoms with Crippen LogP contribution in [0.15, 0.2) is 48.5 Å². The molecular formula is C17H14FNO2. The summed E-state index contributed by atoms with van der Waals surface area (Å²) in [4.78, 5) is 4.36. The van der Waals surface area contributed by atoms with Crippen molar-refractivity contribution in [1.82, 2.24) is 4.98 Å². The van der Waals surface area contributed by atoms with E-state index in [1.165, 1.54) is 6.07 Å². The van der Waals surface area contributed by atoms with Crippen molar-refractivity contribution in [2.75, 3.05) is 0 Å². The van der Waals surface area contributed by atoms with Gasteiger partial charge in [-0.1, -0.05) is 24.3 Å². The fourth-order valence-electron chi connectivity index (χ4n) is 2.14. The number of hydrogen-bond donors (Lipinski definition) is 1. The second-order valence-electron chi connectivity index (χ2n) is 4.84. The maximum Gasteiger partial charge on any atom is 0.225 e. The van der Waals surface area contributed by atoms with Crippen LogP contribution in [0.5, 0.6) is 11.6 Å². The van der Waals surface area contributed by atoms with E-state index in [-0.39, 0.29) is 18.2 Å². The van der Waals surface area contributed by atoms with Crippen molar-refractivity contribution in [3.63, 3.8) is 0 Å². The van der Waals surface area contributed by atoms with Crippen molar-refractivity contribution >= 4 is 10.9 Å². The van der Waals surface area contributed by atoms with Gasteiger partial charge >= 0.3 is 0 Å². The Hall–Kier alpha value is -2.46. The summed E-state index contributed by atoms with van der Waals surface area (Å²) in [6, 6.07) is 13.9. The van der Waals surface area contributed by atoms with Crippen LogP contribution in [-0.4, -0.2) is 10.1 Å².